The van der Waals surface area contributed by atoms with Crippen molar-refractivity contribution >= 4 is 17.8 Å². The van der Waals surface area contributed by atoms with Gasteiger partial charge in [0.05, 0.1) is 12.0 Å². The number of imidazole rings is 1. The van der Waals surface area contributed by atoms with Gasteiger partial charge in [-0.1, -0.05) is 12.1 Å². The fourth-order valence-corrected chi connectivity index (χ4v) is 1.63. The second kappa shape index (κ2) is 5.96. The number of primary amides is 1. The maximum absolute atomic E-state index is 13.9. The predicted octanol–water partition coefficient (Wildman–Crippen LogP) is 1.03. The van der Waals surface area contributed by atoms with Crippen molar-refractivity contribution < 1.29 is 14.0 Å². The van der Waals surface area contributed by atoms with Crippen LogP contribution in [0.2, 0.25) is 0 Å². The number of aromatic nitrogens is 2. The molecule has 1 aromatic carbocycles. The number of nitrogens with one attached hydrogen (secondary N) is 2. The van der Waals surface area contributed by atoms with Crippen molar-refractivity contribution in [2.45, 2.75) is 6.42 Å². The number of aromatic amines is 1. The van der Waals surface area contributed by atoms with Gasteiger partial charge in [-0.25, -0.2) is 9.37 Å². The molecule has 0 unspecified atom stereocenters. The van der Waals surface area contributed by atoms with Crippen molar-refractivity contribution in [1.29, 1.82) is 0 Å². The topological polar surface area (TPSA) is 101 Å². The lowest BCUT2D eigenvalue weighted by Crippen LogP contribution is -2.16. The van der Waals surface area contributed by atoms with Crippen LogP contribution >= 0.6 is 0 Å². The van der Waals surface area contributed by atoms with E-state index in [-0.39, 0.29) is 17.5 Å². The zero-order valence-electron chi connectivity index (χ0n) is 10.4. The summed E-state index contributed by atoms with van der Waals surface area (Å²) in [6.45, 7) is 0. The third kappa shape index (κ3) is 3.19. The normalized spacial score (nSPS) is 10.2. The lowest BCUT2D eigenvalue weighted by atomic mass is 10.0. The SMILES string of the molecule is NC(=O)c1cccc(C[CH]C(=O)Nc2ncc[nH]2)c1F. The third-order valence-corrected chi connectivity index (χ3v) is 2.59. The summed E-state index contributed by atoms with van der Waals surface area (Å²) in [6.07, 6.45) is 4.35. The van der Waals surface area contributed by atoms with Gasteiger partial charge in [-0.2, -0.15) is 0 Å². The van der Waals surface area contributed by atoms with Gasteiger partial charge in [0.25, 0.3) is 5.91 Å². The van der Waals surface area contributed by atoms with E-state index in [0.717, 1.165) is 0 Å². The number of rotatable bonds is 5. The molecule has 0 aliphatic carbocycles. The van der Waals surface area contributed by atoms with Crippen LogP contribution < -0.4 is 11.1 Å². The molecule has 0 spiro atoms. The van der Waals surface area contributed by atoms with Crippen molar-refractivity contribution in [2.24, 2.45) is 5.73 Å². The average Bonchev–Trinajstić information content (AvgIpc) is 2.90. The van der Waals surface area contributed by atoms with E-state index in [1.165, 1.54) is 30.8 Å². The Kier molecular flexibility index (Phi) is 4.09. The number of hydrogen-bond donors (Lipinski definition) is 3. The Morgan fingerprint density at radius 1 is 1.45 bits per heavy atom. The van der Waals surface area contributed by atoms with Gasteiger partial charge in [-0.3, -0.25) is 14.9 Å². The van der Waals surface area contributed by atoms with Crippen molar-refractivity contribution in [3.8, 4) is 0 Å². The van der Waals surface area contributed by atoms with Crippen LogP contribution in [0.4, 0.5) is 10.3 Å². The van der Waals surface area contributed by atoms with Gasteiger partial charge >= 0.3 is 0 Å². The van der Waals surface area contributed by atoms with Gasteiger partial charge in [0.1, 0.15) is 5.82 Å². The molecule has 0 saturated heterocycles. The summed E-state index contributed by atoms with van der Waals surface area (Å²) in [5.74, 6) is -1.67. The zero-order chi connectivity index (χ0) is 14.5. The molecule has 6 nitrogen and oxygen atoms in total. The molecule has 0 aliphatic rings. The Morgan fingerprint density at radius 2 is 2.25 bits per heavy atom. The lowest BCUT2D eigenvalue weighted by molar-refractivity contribution is -0.113. The molecule has 1 heterocycles. The summed E-state index contributed by atoms with van der Waals surface area (Å²) in [5, 5.41) is 2.47. The van der Waals surface area contributed by atoms with Crippen LogP contribution in [0.3, 0.4) is 0 Å². The molecule has 0 atom stereocenters. The first-order valence-electron chi connectivity index (χ1n) is 5.78. The minimum absolute atomic E-state index is 0.0412. The highest BCUT2D eigenvalue weighted by molar-refractivity contribution is 5.96. The maximum Gasteiger partial charge on any atom is 0.251 e. The maximum atomic E-state index is 13.9. The fourth-order valence-electron chi connectivity index (χ4n) is 1.63. The number of anilines is 1. The molecule has 0 saturated carbocycles. The summed E-state index contributed by atoms with van der Waals surface area (Å²) in [5.41, 5.74) is 5.08. The molecule has 20 heavy (non-hydrogen) atoms. The van der Waals surface area contributed by atoms with E-state index in [4.69, 9.17) is 5.73 Å². The number of H-pyrrole nitrogens is 1. The smallest absolute Gasteiger partial charge is 0.251 e. The van der Waals surface area contributed by atoms with Crippen LogP contribution in [0.15, 0.2) is 30.6 Å². The number of nitrogens with two attached hydrogens (primary N) is 1. The van der Waals surface area contributed by atoms with E-state index in [2.05, 4.69) is 15.3 Å². The van der Waals surface area contributed by atoms with Crippen LogP contribution in [-0.4, -0.2) is 21.8 Å². The number of halogens is 1. The Morgan fingerprint density at radius 3 is 2.90 bits per heavy atom. The highest BCUT2D eigenvalue weighted by Crippen LogP contribution is 2.14. The summed E-state index contributed by atoms with van der Waals surface area (Å²) >= 11 is 0. The van der Waals surface area contributed by atoms with Gasteiger partial charge in [-0.15, -0.1) is 0 Å². The lowest BCUT2D eigenvalue weighted by Gasteiger charge is -2.06. The standard InChI is InChI=1S/C13H12FN4O2/c14-11-8(2-1-3-9(11)12(15)20)4-5-10(19)18-13-16-6-7-17-13/h1-3,5-7H,4H2,(H2,15,20)(H2,16,17,18,19). The summed E-state index contributed by atoms with van der Waals surface area (Å²) in [7, 11) is 0. The Bertz CT molecular complexity index is 625. The van der Waals surface area contributed by atoms with E-state index in [9.17, 15) is 14.0 Å². The molecule has 1 aromatic heterocycles. The van der Waals surface area contributed by atoms with E-state index < -0.39 is 17.6 Å². The number of carbonyl (C=O) groups is 2. The molecule has 7 heteroatoms. The molecular weight excluding hydrogens is 263 g/mol. The predicted molar refractivity (Wildman–Crippen MR) is 70.1 cm³/mol. The number of amides is 2. The fraction of sp³-hybridized carbons (Fsp3) is 0.0769. The summed E-state index contributed by atoms with van der Waals surface area (Å²) in [6, 6.07) is 4.29. The average molecular weight is 275 g/mol. The van der Waals surface area contributed by atoms with Crippen molar-refractivity contribution in [2.75, 3.05) is 5.32 Å². The first-order valence-corrected chi connectivity index (χ1v) is 5.78. The minimum atomic E-state index is -0.843. The largest absolute Gasteiger partial charge is 0.366 e. The van der Waals surface area contributed by atoms with Crippen LogP contribution in [0.1, 0.15) is 15.9 Å². The van der Waals surface area contributed by atoms with Crippen LogP contribution in [0.5, 0.6) is 0 Å². The van der Waals surface area contributed by atoms with E-state index >= 15 is 0 Å². The number of hydrogen-bond acceptors (Lipinski definition) is 3. The second-order valence-corrected chi connectivity index (χ2v) is 3.98. The minimum Gasteiger partial charge on any atom is -0.366 e. The number of benzene rings is 1. The molecule has 0 fully saturated rings. The Labute approximate surface area is 114 Å². The van der Waals surface area contributed by atoms with E-state index in [1.807, 2.05) is 0 Å². The summed E-state index contributed by atoms with van der Waals surface area (Å²) < 4.78 is 13.9. The molecule has 0 aliphatic heterocycles. The Balaban J connectivity index is 1.99. The number of carbonyl (C=O) groups excluding carboxylic acids is 2. The highest BCUT2D eigenvalue weighted by atomic mass is 19.1. The molecule has 2 rings (SSSR count). The van der Waals surface area contributed by atoms with E-state index in [1.54, 1.807) is 6.20 Å². The molecule has 4 N–H and O–H groups in total. The van der Waals surface area contributed by atoms with Crippen molar-refractivity contribution in [3.63, 3.8) is 0 Å². The zero-order valence-corrected chi connectivity index (χ0v) is 10.4. The van der Waals surface area contributed by atoms with Gasteiger partial charge in [-0.05, 0) is 18.1 Å². The third-order valence-electron chi connectivity index (χ3n) is 2.59. The monoisotopic (exact) mass is 275 g/mol. The number of nitrogens with zero attached hydrogens (tertiary/aromatic N) is 1. The quantitative estimate of drug-likeness (QED) is 0.759. The second-order valence-electron chi connectivity index (χ2n) is 3.98. The van der Waals surface area contributed by atoms with Crippen molar-refractivity contribution in [1.82, 2.24) is 9.97 Å². The summed E-state index contributed by atoms with van der Waals surface area (Å²) in [4.78, 5) is 29.1. The van der Waals surface area contributed by atoms with Crippen LogP contribution in [0.25, 0.3) is 0 Å². The molecule has 2 aromatic rings. The molecular formula is C13H12FN4O2. The van der Waals surface area contributed by atoms with Gasteiger partial charge in [0, 0.05) is 12.4 Å². The first-order chi connectivity index (χ1) is 9.58. The van der Waals surface area contributed by atoms with Gasteiger partial charge < -0.3 is 10.7 Å². The van der Waals surface area contributed by atoms with Gasteiger partial charge in [0.15, 0.2) is 0 Å². The van der Waals surface area contributed by atoms with E-state index in [0.29, 0.717) is 5.95 Å². The molecule has 1 radical (unpaired) electrons. The first kappa shape index (κ1) is 13.7. The molecule has 2 amide bonds. The van der Waals surface area contributed by atoms with Crippen molar-refractivity contribution in [3.05, 3.63) is 54.0 Å². The highest BCUT2D eigenvalue weighted by Gasteiger charge is 2.13. The van der Waals surface area contributed by atoms with Crippen LogP contribution in [0, 0.1) is 12.2 Å². The molecule has 0 bridgehead atoms. The van der Waals surface area contributed by atoms with Crippen LogP contribution in [-0.2, 0) is 11.2 Å². The Hall–Kier alpha value is -2.70. The van der Waals surface area contributed by atoms with Gasteiger partial charge in [0.2, 0.25) is 11.9 Å². The molecule has 103 valence electrons.